The van der Waals surface area contributed by atoms with E-state index in [0.29, 0.717) is 5.69 Å². The largest absolute Gasteiger partial charge is 0.342 e. The lowest BCUT2D eigenvalue weighted by molar-refractivity contribution is 0.583. The molecule has 0 saturated heterocycles. The second kappa shape index (κ2) is 7.07. The number of anilines is 1. The number of H-pyrrole nitrogens is 1. The van der Waals surface area contributed by atoms with Crippen molar-refractivity contribution in [1.82, 2.24) is 9.97 Å². The molecule has 7 heteroatoms. The lowest BCUT2D eigenvalue weighted by atomic mass is 10.2. The first-order valence-corrected chi connectivity index (χ1v) is 10.1. The molecule has 0 atom stereocenters. The third-order valence-electron chi connectivity index (χ3n) is 4.10. The Kier molecular flexibility index (Phi) is 5.00. The molecule has 3 rings (SSSR count). The highest BCUT2D eigenvalue weighted by Crippen LogP contribution is 2.28. The van der Waals surface area contributed by atoms with Crippen molar-refractivity contribution in [3.8, 4) is 0 Å². The summed E-state index contributed by atoms with van der Waals surface area (Å²) in [6.07, 6.45) is 1.82. The van der Waals surface area contributed by atoms with Crippen LogP contribution in [0.25, 0.3) is 11.0 Å². The topological polar surface area (TPSA) is 66.1 Å². The summed E-state index contributed by atoms with van der Waals surface area (Å²) in [6.45, 7) is 5.69. The Bertz CT molecular complexity index is 1010. The van der Waals surface area contributed by atoms with Gasteiger partial charge in [-0.1, -0.05) is 6.92 Å². The van der Waals surface area contributed by atoms with Gasteiger partial charge in [-0.05, 0) is 62.7 Å². The number of nitrogens with zero attached hydrogens (tertiary/aromatic N) is 2. The van der Waals surface area contributed by atoms with E-state index in [0.717, 1.165) is 41.8 Å². The van der Waals surface area contributed by atoms with Gasteiger partial charge in [0.2, 0.25) is 0 Å². The van der Waals surface area contributed by atoms with E-state index in [4.69, 9.17) is 0 Å². The van der Waals surface area contributed by atoms with E-state index in [-0.39, 0.29) is 10.9 Å². The molecule has 0 spiro atoms. The first kappa shape index (κ1) is 18.4. The number of rotatable bonds is 6. The van der Waals surface area contributed by atoms with E-state index < -0.39 is 15.8 Å². The molecule has 0 unspecified atom stereocenters. The van der Waals surface area contributed by atoms with Gasteiger partial charge >= 0.3 is 0 Å². The number of aryl methyl sites for hydroxylation is 1. The Morgan fingerprint density at radius 3 is 2.46 bits per heavy atom. The van der Waals surface area contributed by atoms with Crippen molar-refractivity contribution in [1.29, 1.82) is 0 Å². The van der Waals surface area contributed by atoms with E-state index in [9.17, 15) is 12.8 Å². The monoisotopic (exact) mass is 375 g/mol. The van der Waals surface area contributed by atoms with E-state index in [1.54, 1.807) is 26.0 Å². The molecule has 0 aliphatic rings. The highest BCUT2D eigenvalue weighted by atomic mass is 32.2. The van der Waals surface area contributed by atoms with Gasteiger partial charge in [0.15, 0.2) is 0 Å². The van der Waals surface area contributed by atoms with Gasteiger partial charge in [-0.2, -0.15) is 0 Å². The predicted octanol–water partition coefficient (Wildman–Crippen LogP) is 4.26. The molecule has 0 radical (unpaired) electrons. The van der Waals surface area contributed by atoms with Crippen LogP contribution in [0.1, 0.15) is 33.0 Å². The number of benzene rings is 2. The van der Waals surface area contributed by atoms with Gasteiger partial charge in [0.05, 0.1) is 21.6 Å². The summed E-state index contributed by atoms with van der Waals surface area (Å²) in [5, 5.41) is 0. The van der Waals surface area contributed by atoms with E-state index >= 15 is 0 Å². The second-order valence-corrected chi connectivity index (χ2v) is 8.30. The van der Waals surface area contributed by atoms with Crippen LogP contribution in [0, 0.1) is 5.82 Å². The molecular weight excluding hydrogens is 353 g/mol. The Labute approximate surface area is 152 Å². The van der Waals surface area contributed by atoms with Crippen LogP contribution in [0.15, 0.2) is 47.4 Å². The summed E-state index contributed by atoms with van der Waals surface area (Å²) in [5.74, 6) is 0.416. The standard InChI is InChI=1S/C19H22FN3O2S/c1-4-5-19-21-17-11-8-15(12-18(17)22-19)23(13(2)3)26(24,25)16-9-6-14(20)7-10-16/h6-13H,4-5H2,1-3H3,(H,21,22). The molecule has 3 aromatic rings. The van der Waals surface area contributed by atoms with Crippen LogP contribution in [0.3, 0.4) is 0 Å². The van der Waals surface area contributed by atoms with Crippen LogP contribution >= 0.6 is 0 Å². The van der Waals surface area contributed by atoms with Crippen molar-refractivity contribution < 1.29 is 12.8 Å². The first-order chi connectivity index (χ1) is 12.3. The van der Waals surface area contributed by atoms with Gasteiger partial charge < -0.3 is 4.98 Å². The van der Waals surface area contributed by atoms with E-state index in [1.165, 1.54) is 16.4 Å². The molecule has 1 heterocycles. The number of hydrogen-bond acceptors (Lipinski definition) is 3. The molecule has 26 heavy (non-hydrogen) atoms. The Morgan fingerprint density at radius 2 is 1.85 bits per heavy atom. The molecule has 0 bridgehead atoms. The zero-order chi connectivity index (χ0) is 18.9. The van der Waals surface area contributed by atoms with Gasteiger partial charge in [0.1, 0.15) is 11.6 Å². The molecule has 2 aromatic carbocycles. The maximum absolute atomic E-state index is 13.2. The Morgan fingerprint density at radius 1 is 1.15 bits per heavy atom. The molecule has 0 aliphatic carbocycles. The van der Waals surface area contributed by atoms with Crippen molar-refractivity contribution in [3.63, 3.8) is 0 Å². The van der Waals surface area contributed by atoms with Crippen LogP contribution in [0.5, 0.6) is 0 Å². The maximum atomic E-state index is 13.2. The van der Waals surface area contributed by atoms with Crippen LogP contribution in [0.2, 0.25) is 0 Å². The summed E-state index contributed by atoms with van der Waals surface area (Å²) in [4.78, 5) is 7.82. The highest BCUT2D eigenvalue weighted by molar-refractivity contribution is 7.92. The normalized spacial score (nSPS) is 12.0. The van der Waals surface area contributed by atoms with Crippen LogP contribution in [0.4, 0.5) is 10.1 Å². The van der Waals surface area contributed by atoms with Crippen LogP contribution in [-0.4, -0.2) is 24.4 Å². The fourth-order valence-electron chi connectivity index (χ4n) is 2.98. The van der Waals surface area contributed by atoms with Gasteiger partial charge in [-0.3, -0.25) is 4.31 Å². The van der Waals surface area contributed by atoms with Crippen molar-refractivity contribution >= 4 is 26.7 Å². The molecule has 0 fully saturated rings. The lowest BCUT2D eigenvalue weighted by Crippen LogP contribution is -2.37. The minimum atomic E-state index is -3.81. The average molecular weight is 375 g/mol. The van der Waals surface area contributed by atoms with Crippen molar-refractivity contribution in [2.24, 2.45) is 0 Å². The minimum Gasteiger partial charge on any atom is -0.342 e. The number of hydrogen-bond donors (Lipinski definition) is 1. The van der Waals surface area contributed by atoms with Crippen LogP contribution in [-0.2, 0) is 16.4 Å². The number of nitrogens with one attached hydrogen (secondary N) is 1. The Hall–Kier alpha value is -2.41. The first-order valence-electron chi connectivity index (χ1n) is 8.61. The van der Waals surface area contributed by atoms with E-state index in [2.05, 4.69) is 16.9 Å². The number of aromatic amines is 1. The Balaban J connectivity index is 2.07. The van der Waals surface area contributed by atoms with Gasteiger partial charge in [0, 0.05) is 12.5 Å². The zero-order valence-corrected chi connectivity index (χ0v) is 15.8. The summed E-state index contributed by atoms with van der Waals surface area (Å²) < 4.78 is 40.7. The molecule has 5 nitrogen and oxygen atoms in total. The fourth-order valence-corrected chi connectivity index (χ4v) is 4.63. The van der Waals surface area contributed by atoms with Gasteiger partial charge in [-0.15, -0.1) is 0 Å². The SMILES string of the molecule is CCCc1nc2ccc(N(C(C)C)S(=O)(=O)c3ccc(F)cc3)cc2[nH]1. The molecule has 1 aromatic heterocycles. The number of halogens is 1. The summed E-state index contributed by atoms with van der Waals surface area (Å²) >= 11 is 0. The minimum absolute atomic E-state index is 0.0592. The van der Waals surface area contributed by atoms with E-state index in [1.807, 2.05) is 6.07 Å². The average Bonchev–Trinajstić information content (AvgIpc) is 2.97. The number of sulfonamides is 1. The predicted molar refractivity (Wildman–Crippen MR) is 101 cm³/mol. The quantitative estimate of drug-likeness (QED) is 0.700. The van der Waals surface area contributed by atoms with Crippen molar-refractivity contribution in [3.05, 3.63) is 54.1 Å². The number of fused-ring (bicyclic) bond motifs is 1. The summed E-state index contributed by atoms with van der Waals surface area (Å²) in [6, 6.07) is 9.93. The second-order valence-electron chi connectivity index (χ2n) is 6.48. The molecule has 0 aliphatic heterocycles. The maximum Gasteiger partial charge on any atom is 0.264 e. The molecule has 0 amide bonds. The number of aromatic nitrogens is 2. The highest BCUT2D eigenvalue weighted by Gasteiger charge is 2.27. The number of imidazole rings is 1. The van der Waals surface area contributed by atoms with Gasteiger partial charge in [0.25, 0.3) is 10.0 Å². The van der Waals surface area contributed by atoms with Crippen LogP contribution < -0.4 is 4.31 Å². The summed E-state index contributed by atoms with van der Waals surface area (Å²) in [7, 11) is -3.81. The van der Waals surface area contributed by atoms with Crippen molar-refractivity contribution in [2.75, 3.05) is 4.31 Å². The fraction of sp³-hybridized carbons (Fsp3) is 0.316. The lowest BCUT2D eigenvalue weighted by Gasteiger charge is -2.28. The van der Waals surface area contributed by atoms with Crippen molar-refractivity contribution in [2.45, 2.75) is 44.6 Å². The van der Waals surface area contributed by atoms with Gasteiger partial charge in [-0.25, -0.2) is 17.8 Å². The third kappa shape index (κ3) is 3.44. The summed E-state index contributed by atoms with van der Waals surface area (Å²) in [5.41, 5.74) is 2.15. The third-order valence-corrected chi connectivity index (χ3v) is 6.11. The molecule has 0 saturated carbocycles. The molecule has 138 valence electrons. The molecular formula is C19H22FN3O2S. The zero-order valence-electron chi connectivity index (χ0n) is 15.0. The smallest absolute Gasteiger partial charge is 0.264 e. The molecule has 1 N–H and O–H groups in total.